The van der Waals surface area contributed by atoms with Crippen LogP contribution in [0.5, 0.6) is 0 Å². The van der Waals surface area contributed by atoms with E-state index in [1.807, 2.05) is 20.8 Å². The van der Waals surface area contributed by atoms with E-state index in [-0.39, 0.29) is 30.5 Å². The van der Waals surface area contributed by atoms with Crippen molar-refractivity contribution in [1.82, 2.24) is 5.32 Å². The van der Waals surface area contributed by atoms with E-state index in [0.717, 1.165) is 0 Å². The van der Waals surface area contributed by atoms with Crippen molar-refractivity contribution < 1.29 is 9.90 Å². The molecule has 0 saturated heterocycles. The molecular formula is C8H18N2O2. The molecule has 0 unspecified atom stereocenters. The number of nitrogens with two attached hydrogens (primary N) is 1. The Hall–Kier alpha value is -0.610. The number of aliphatic hydroxyl groups excluding tert-OH is 1. The summed E-state index contributed by atoms with van der Waals surface area (Å²) in [6.07, 6.45) is 0. The number of carbonyl (C=O) groups excluding carboxylic acids is 1. The average Bonchev–Trinajstić information content (AvgIpc) is 1.97. The Morgan fingerprint density at radius 1 is 1.58 bits per heavy atom. The molecule has 0 fully saturated rings. The number of hydrogen-bond acceptors (Lipinski definition) is 3. The Kier molecular flexibility index (Phi) is 4.20. The molecule has 0 aliphatic carbocycles. The molecule has 0 spiro atoms. The van der Waals surface area contributed by atoms with E-state index in [2.05, 4.69) is 5.32 Å². The van der Waals surface area contributed by atoms with Crippen LogP contribution in [-0.4, -0.2) is 30.2 Å². The van der Waals surface area contributed by atoms with Crippen molar-refractivity contribution in [2.75, 3.05) is 13.2 Å². The lowest BCUT2D eigenvalue weighted by Crippen LogP contribution is -2.48. The smallest absolute Gasteiger partial charge is 0.234 e. The topological polar surface area (TPSA) is 75.3 Å². The van der Waals surface area contributed by atoms with Gasteiger partial charge in [-0.3, -0.25) is 4.79 Å². The highest BCUT2D eigenvalue weighted by molar-refractivity contribution is 5.78. The normalized spacial score (nSPS) is 14.1. The van der Waals surface area contributed by atoms with Crippen LogP contribution in [0, 0.1) is 5.41 Å². The number of hydrogen-bond donors (Lipinski definition) is 3. The van der Waals surface area contributed by atoms with Gasteiger partial charge in [0.2, 0.25) is 5.91 Å². The summed E-state index contributed by atoms with van der Waals surface area (Å²) in [6.45, 7) is 5.75. The second-order valence-corrected chi connectivity index (χ2v) is 3.87. The maximum atomic E-state index is 10.9. The van der Waals surface area contributed by atoms with E-state index >= 15 is 0 Å². The Morgan fingerprint density at radius 2 is 2.08 bits per heavy atom. The van der Waals surface area contributed by atoms with Crippen LogP contribution in [0.15, 0.2) is 0 Å². The van der Waals surface area contributed by atoms with Gasteiger partial charge in [-0.15, -0.1) is 0 Å². The van der Waals surface area contributed by atoms with Crippen molar-refractivity contribution in [3.8, 4) is 0 Å². The third-order valence-corrected chi connectivity index (χ3v) is 1.75. The highest BCUT2D eigenvalue weighted by atomic mass is 16.3. The van der Waals surface area contributed by atoms with Crippen LogP contribution in [0.4, 0.5) is 0 Å². The highest BCUT2D eigenvalue weighted by Crippen LogP contribution is 2.18. The molecule has 0 aromatic rings. The summed E-state index contributed by atoms with van der Waals surface area (Å²) in [5.74, 6) is -0.232. The van der Waals surface area contributed by atoms with Crippen molar-refractivity contribution in [2.45, 2.75) is 26.8 Å². The number of aliphatic hydroxyl groups is 1. The molecule has 1 amide bonds. The zero-order valence-electron chi connectivity index (χ0n) is 7.92. The first kappa shape index (κ1) is 11.4. The summed E-state index contributed by atoms with van der Waals surface area (Å²) in [7, 11) is 0. The van der Waals surface area contributed by atoms with Gasteiger partial charge in [0.25, 0.3) is 0 Å². The van der Waals surface area contributed by atoms with E-state index in [1.54, 1.807) is 0 Å². The Balaban J connectivity index is 4.09. The maximum Gasteiger partial charge on any atom is 0.234 e. The summed E-state index contributed by atoms with van der Waals surface area (Å²) in [5.41, 5.74) is 4.99. The number of rotatable bonds is 3. The van der Waals surface area contributed by atoms with Crippen molar-refractivity contribution in [1.29, 1.82) is 0 Å². The molecular weight excluding hydrogens is 156 g/mol. The molecule has 0 bridgehead atoms. The fourth-order valence-electron chi connectivity index (χ4n) is 0.789. The number of carbonyl (C=O) groups is 1. The summed E-state index contributed by atoms with van der Waals surface area (Å²) in [5, 5.41) is 11.6. The number of nitrogens with one attached hydrogen (secondary N) is 1. The Bertz CT molecular complexity index is 152. The molecule has 4 nitrogen and oxygen atoms in total. The highest BCUT2D eigenvalue weighted by Gasteiger charge is 2.24. The van der Waals surface area contributed by atoms with Crippen LogP contribution in [-0.2, 0) is 4.79 Å². The van der Waals surface area contributed by atoms with Gasteiger partial charge in [0.15, 0.2) is 0 Å². The minimum absolute atomic E-state index is 0.0351. The lowest BCUT2D eigenvalue weighted by Gasteiger charge is -2.29. The lowest BCUT2D eigenvalue weighted by molar-refractivity contribution is -0.121. The van der Waals surface area contributed by atoms with Crippen molar-refractivity contribution >= 4 is 5.91 Å². The van der Waals surface area contributed by atoms with E-state index in [9.17, 15) is 4.79 Å². The second-order valence-electron chi connectivity index (χ2n) is 3.87. The van der Waals surface area contributed by atoms with Crippen LogP contribution in [0.2, 0.25) is 0 Å². The SMILES string of the molecule is CC(C)(C)[C@@H](CO)NC(=O)CN. The van der Waals surface area contributed by atoms with Crippen LogP contribution >= 0.6 is 0 Å². The van der Waals surface area contributed by atoms with E-state index in [0.29, 0.717) is 0 Å². The molecule has 0 rings (SSSR count). The molecule has 0 aliphatic rings. The van der Waals surface area contributed by atoms with Crippen LogP contribution in [0.25, 0.3) is 0 Å². The summed E-state index contributed by atoms with van der Waals surface area (Å²) in [4.78, 5) is 10.9. The van der Waals surface area contributed by atoms with Crippen molar-refractivity contribution in [3.63, 3.8) is 0 Å². The van der Waals surface area contributed by atoms with Gasteiger partial charge in [-0.05, 0) is 5.41 Å². The standard InChI is InChI=1S/C8H18N2O2/c1-8(2,3)6(5-11)10-7(12)4-9/h6,11H,4-5,9H2,1-3H3,(H,10,12)/t6-/m1/s1. The first-order chi connectivity index (χ1) is 5.41. The fraction of sp³-hybridized carbons (Fsp3) is 0.875. The van der Waals surface area contributed by atoms with Gasteiger partial charge in [0.05, 0.1) is 19.2 Å². The first-order valence-electron chi connectivity index (χ1n) is 4.02. The minimum atomic E-state index is -0.232. The third-order valence-electron chi connectivity index (χ3n) is 1.75. The zero-order chi connectivity index (χ0) is 9.78. The van der Waals surface area contributed by atoms with E-state index < -0.39 is 0 Å². The molecule has 0 aromatic carbocycles. The van der Waals surface area contributed by atoms with Crippen LogP contribution in [0.3, 0.4) is 0 Å². The zero-order valence-corrected chi connectivity index (χ0v) is 7.92. The van der Waals surface area contributed by atoms with Crippen LogP contribution in [0.1, 0.15) is 20.8 Å². The van der Waals surface area contributed by atoms with Crippen LogP contribution < -0.4 is 11.1 Å². The molecule has 72 valence electrons. The quantitative estimate of drug-likeness (QED) is 0.538. The molecule has 1 atom stereocenters. The molecule has 0 radical (unpaired) electrons. The van der Waals surface area contributed by atoms with E-state index in [1.165, 1.54) is 0 Å². The van der Waals surface area contributed by atoms with Gasteiger partial charge in [-0.1, -0.05) is 20.8 Å². The third kappa shape index (κ3) is 3.69. The molecule has 0 heterocycles. The predicted molar refractivity (Wildman–Crippen MR) is 47.5 cm³/mol. The first-order valence-corrected chi connectivity index (χ1v) is 4.02. The summed E-state index contributed by atoms with van der Waals surface area (Å²) in [6, 6.07) is -0.228. The summed E-state index contributed by atoms with van der Waals surface area (Å²) >= 11 is 0. The maximum absolute atomic E-state index is 10.9. The fourth-order valence-corrected chi connectivity index (χ4v) is 0.789. The van der Waals surface area contributed by atoms with E-state index in [4.69, 9.17) is 10.8 Å². The Morgan fingerprint density at radius 3 is 2.33 bits per heavy atom. The monoisotopic (exact) mass is 174 g/mol. The molecule has 0 aromatic heterocycles. The second kappa shape index (κ2) is 4.42. The average molecular weight is 174 g/mol. The van der Waals surface area contributed by atoms with Gasteiger partial charge < -0.3 is 16.2 Å². The number of amides is 1. The Labute approximate surface area is 73.1 Å². The molecule has 4 N–H and O–H groups in total. The van der Waals surface area contributed by atoms with Gasteiger partial charge >= 0.3 is 0 Å². The largest absolute Gasteiger partial charge is 0.394 e. The lowest BCUT2D eigenvalue weighted by atomic mass is 9.87. The molecule has 0 aliphatic heterocycles. The van der Waals surface area contributed by atoms with Gasteiger partial charge in [-0.2, -0.15) is 0 Å². The van der Waals surface area contributed by atoms with Gasteiger partial charge in [-0.25, -0.2) is 0 Å². The van der Waals surface area contributed by atoms with Gasteiger partial charge in [0, 0.05) is 0 Å². The molecule has 12 heavy (non-hydrogen) atoms. The van der Waals surface area contributed by atoms with Crippen molar-refractivity contribution in [2.24, 2.45) is 11.1 Å². The summed E-state index contributed by atoms with van der Waals surface area (Å²) < 4.78 is 0. The van der Waals surface area contributed by atoms with Crippen molar-refractivity contribution in [3.05, 3.63) is 0 Å². The predicted octanol–water partition coefficient (Wildman–Crippen LogP) is -0.532. The minimum Gasteiger partial charge on any atom is -0.394 e. The van der Waals surface area contributed by atoms with Gasteiger partial charge in [0.1, 0.15) is 0 Å². The molecule has 0 saturated carbocycles. The molecule has 4 heteroatoms.